The van der Waals surface area contributed by atoms with E-state index in [-0.39, 0.29) is 23.0 Å². The van der Waals surface area contributed by atoms with E-state index in [1.54, 1.807) is 24.3 Å². The van der Waals surface area contributed by atoms with Gasteiger partial charge in [-0.05, 0) is 29.7 Å². The van der Waals surface area contributed by atoms with E-state index < -0.39 is 0 Å². The molecule has 27 heavy (non-hydrogen) atoms. The topological polar surface area (TPSA) is 61.7 Å². The quantitative estimate of drug-likeness (QED) is 0.539. The Labute approximate surface area is 158 Å². The van der Waals surface area contributed by atoms with Gasteiger partial charge >= 0.3 is 0 Å². The normalized spacial score (nSPS) is 17.6. The van der Waals surface area contributed by atoms with E-state index in [1.165, 1.54) is 6.21 Å². The standard InChI is InChI=1S/C23H20N2O2/c26-21-14-8-7-9-17(21)16-24-25-22(27)20-15-23(20,18-10-3-1-4-11-18)19-12-5-2-6-13-19/h1-14,16,20,26H,15H2,(H,25,27). The molecular formula is C23H20N2O2. The van der Waals surface area contributed by atoms with Crippen molar-refractivity contribution in [1.82, 2.24) is 5.43 Å². The molecule has 0 heterocycles. The van der Waals surface area contributed by atoms with Gasteiger partial charge in [-0.3, -0.25) is 4.79 Å². The van der Waals surface area contributed by atoms with Crippen molar-refractivity contribution < 1.29 is 9.90 Å². The first kappa shape index (κ1) is 17.0. The van der Waals surface area contributed by atoms with Crippen LogP contribution >= 0.6 is 0 Å². The van der Waals surface area contributed by atoms with E-state index in [0.29, 0.717) is 5.56 Å². The number of rotatable bonds is 5. The Bertz CT molecular complexity index is 928. The Morgan fingerprint density at radius 2 is 1.48 bits per heavy atom. The fraction of sp³-hybridized carbons (Fsp3) is 0.130. The van der Waals surface area contributed by atoms with Gasteiger partial charge in [0.2, 0.25) is 5.91 Å². The van der Waals surface area contributed by atoms with Gasteiger partial charge in [-0.25, -0.2) is 5.43 Å². The van der Waals surface area contributed by atoms with E-state index in [4.69, 9.17) is 0 Å². The van der Waals surface area contributed by atoms with Crippen molar-refractivity contribution in [1.29, 1.82) is 0 Å². The lowest BCUT2D eigenvalue weighted by atomic mass is 9.85. The third kappa shape index (κ3) is 3.22. The highest BCUT2D eigenvalue weighted by atomic mass is 16.3. The van der Waals surface area contributed by atoms with Crippen LogP contribution in [0.3, 0.4) is 0 Å². The molecule has 0 aliphatic heterocycles. The van der Waals surface area contributed by atoms with Crippen LogP contribution in [-0.4, -0.2) is 17.2 Å². The van der Waals surface area contributed by atoms with Gasteiger partial charge in [0, 0.05) is 11.0 Å². The summed E-state index contributed by atoms with van der Waals surface area (Å²) in [6.07, 6.45) is 2.21. The van der Waals surface area contributed by atoms with Gasteiger partial charge in [-0.15, -0.1) is 0 Å². The van der Waals surface area contributed by atoms with Crippen molar-refractivity contribution in [3.8, 4) is 5.75 Å². The molecule has 4 heteroatoms. The number of benzene rings is 3. The van der Waals surface area contributed by atoms with Crippen LogP contribution in [0, 0.1) is 5.92 Å². The Hall–Kier alpha value is -3.40. The molecule has 0 aromatic heterocycles. The predicted molar refractivity (Wildman–Crippen MR) is 106 cm³/mol. The van der Waals surface area contributed by atoms with Crippen LogP contribution in [-0.2, 0) is 10.2 Å². The van der Waals surface area contributed by atoms with Crippen molar-refractivity contribution in [3.05, 3.63) is 102 Å². The number of aromatic hydroxyl groups is 1. The average Bonchev–Trinajstić information content (AvgIpc) is 3.48. The molecule has 0 spiro atoms. The zero-order chi connectivity index (χ0) is 18.7. The van der Waals surface area contributed by atoms with Crippen molar-refractivity contribution in [2.75, 3.05) is 0 Å². The van der Waals surface area contributed by atoms with Gasteiger partial charge in [0.15, 0.2) is 0 Å². The molecule has 1 atom stereocenters. The first-order chi connectivity index (χ1) is 13.2. The van der Waals surface area contributed by atoms with Gasteiger partial charge in [-0.1, -0.05) is 72.8 Å². The number of nitrogens with zero attached hydrogens (tertiary/aromatic N) is 1. The van der Waals surface area contributed by atoms with Crippen LogP contribution in [0.5, 0.6) is 5.75 Å². The van der Waals surface area contributed by atoms with E-state index in [1.807, 2.05) is 36.4 Å². The summed E-state index contributed by atoms with van der Waals surface area (Å²) in [6, 6.07) is 27.1. The number of nitrogens with one attached hydrogen (secondary N) is 1. The number of phenols is 1. The smallest absolute Gasteiger partial charge is 0.244 e. The summed E-state index contributed by atoms with van der Waals surface area (Å²) in [4.78, 5) is 12.8. The molecular weight excluding hydrogens is 336 g/mol. The third-order valence-corrected chi connectivity index (χ3v) is 5.17. The fourth-order valence-electron chi connectivity index (χ4n) is 3.70. The van der Waals surface area contributed by atoms with Crippen LogP contribution in [0.25, 0.3) is 0 Å². The molecule has 1 unspecified atom stereocenters. The molecule has 134 valence electrons. The number of carbonyl (C=O) groups is 1. The van der Waals surface area contributed by atoms with Crippen molar-refractivity contribution in [3.63, 3.8) is 0 Å². The summed E-state index contributed by atoms with van der Waals surface area (Å²) in [5, 5.41) is 13.8. The minimum absolute atomic E-state index is 0.116. The molecule has 0 radical (unpaired) electrons. The Balaban J connectivity index is 1.55. The summed E-state index contributed by atoms with van der Waals surface area (Å²) in [7, 11) is 0. The minimum Gasteiger partial charge on any atom is -0.507 e. The summed E-state index contributed by atoms with van der Waals surface area (Å²) >= 11 is 0. The highest BCUT2D eigenvalue weighted by Crippen LogP contribution is 2.58. The summed E-state index contributed by atoms with van der Waals surface area (Å²) in [6.45, 7) is 0. The van der Waals surface area contributed by atoms with Crippen molar-refractivity contribution in [2.24, 2.45) is 11.0 Å². The second-order valence-corrected chi connectivity index (χ2v) is 6.75. The summed E-state index contributed by atoms with van der Waals surface area (Å²) in [5.74, 6) is -0.164. The van der Waals surface area contributed by atoms with E-state index >= 15 is 0 Å². The molecule has 3 aromatic rings. The van der Waals surface area contributed by atoms with Gasteiger partial charge in [0.25, 0.3) is 0 Å². The number of para-hydroxylation sites is 1. The molecule has 0 bridgehead atoms. The van der Waals surface area contributed by atoms with Crippen molar-refractivity contribution >= 4 is 12.1 Å². The van der Waals surface area contributed by atoms with E-state index in [9.17, 15) is 9.90 Å². The SMILES string of the molecule is O=C(NN=Cc1ccccc1O)C1CC1(c1ccccc1)c1ccccc1. The molecule has 1 fully saturated rings. The Kier molecular flexibility index (Phi) is 4.47. The number of hydrogen-bond donors (Lipinski definition) is 2. The van der Waals surface area contributed by atoms with Gasteiger partial charge in [0.05, 0.1) is 12.1 Å². The maximum atomic E-state index is 12.8. The first-order valence-electron chi connectivity index (χ1n) is 8.94. The number of phenolic OH excluding ortho intramolecular Hbond substituents is 1. The number of carbonyl (C=O) groups excluding carboxylic acids is 1. The van der Waals surface area contributed by atoms with E-state index in [0.717, 1.165) is 17.5 Å². The van der Waals surface area contributed by atoms with Crippen LogP contribution in [0.4, 0.5) is 0 Å². The fourth-order valence-corrected chi connectivity index (χ4v) is 3.70. The lowest BCUT2D eigenvalue weighted by Crippen LogP contribution is -2.25. The number of hydrogen-bond acceptors (Lipinski definition) is 3. The van der Waals surface area contributed by atoms with Crippen LogP contribution in [0.1, 0.15) is 23.1 Å². The van der Waals surface area contributed by atoms with Gasteiger partial charge in [-0.2, -0.15) is 5.10 Å². The monoisotopic (exact) mass is 356 g/mol. The maximum Gasteiger partial charge on any atom is 0.244 e. The molecule has 0 saturated heterocycles. The summed E-state index contributed by atoms with van der Waals surface area (Å²) < 4.78 is 0. The number of hydrazone groups is 1. The lowest BCUT2D eigenvalue weighted by molar-refractivity contribution is -0.122. The van der Waals surface area contributed by atoms with Gasteiger partial charge < -0.3 is 5.11 Å². The first-order valence-corrected chi connectivity index (χ1v) is 8.94. The molecule has 1 aliphatic rings. The zero-order valence-electron chi connectivity index (χ0n) is 14.7. The second-order valence-electron chi connectivity index (χ2n) is 6.75. The summed E-state index contributed by atoms with van der Waals surface area (Å²) in [5.41, 5.74) is 5.17. The molecule has 2 N–H and O–H groups in total. The second kappa shape index (κ2) is 7.08. The van der Waals surface area contributed by atoms with Gasteiger partial charge in [0.1, 0.15) is 5.75 Å². The molecule has 1 saturated carbocycles. The highest BCUT2D eigenvalue weighted by Gasteiger charge is 2.60. The Morgan fingerprint density at radius 3 is 2.07 bits per heavy atom. The van der Waals surface area contributed by atoms with Crippen molar-refractivity contribution in [2.45, 2.75) is 11.8 Å². The lowest BCUT2D eigenvalue weighted by Gasteiger charge is -2.18. The van der Waals surface area contributed by atoms with Crippen LogP contribution in [0.2, 0.25) is 0 Å². The minimum atomic E-state index is -0.309. The predicted octanol–water partition coefficient (Wildman–Crippen LogP) is 3.85. The highest BCUT2D eigenvalue weighted by molar-refractivity contribution is 5.88. The number of amides is 1. The van der Waals surface area contributed by atoms with Crippen LogP contribution < -0.4 is 5.43 Å². The average molecular weight is 356 g/mol. The third-order valence-electron chi connectivity index (χ3n) is 5.17. The maximum absolute atomic E-state index is 12.8. The largest absolute Gasteiger partial charge is 0.507 e. The molecule has 1 aliphatic carbocycles. The molecule has 1 amide bonds. The Morgan fingerprint density at radius 1 is 0.926 bits per heavy atom. The zero-order valence-corrected chi connectivity index (χ0v) is 14.7. The molecule has 4 rings (SSSR count). The van der Waals surface area contributed by atoms with Crippen LogP contribution in [0.15, 0.2) is 90.0 Å². The molecule has 4 nitrogen and oxygen atoms in total. The van der Waals surface area contributed by atoms with E-state index in [2.05, 4.69) is 34.8 Å². The molecule has 3 aromatic carbocycles.